The third-order valence-corrected chi connectivity index (χ3v) is 5.67. The molecule has 0 spiro atoms. The molecule has 31 heavy (non-hydrogen) atoms. The minimum absolute atomic E-state index is 0.231. The van der Waals surface area contributed by atoms with E-state index < -0.39 is 0 Å². The maximum atomic E-state index is 14.6. The molecular formula is C23H37FN4O3. The van der Waals surface area contributed by atoms with Crippen LogP contribution in [-0.2, 0) is 16.0 Å². The maximum absolute atomic E-state index is 14.6. The summed E-state index contributed by atoms with van der Waals surface area (Å²) >= 11 is 0. The third kappa shape index (κ3) is 7.94. The van der Waals surface area contributed by atoms with Gasteiger partial charge in [-0.15, -0.1) is 0 Å². The summed E-state index contributed by atoms with van der Waals surface area (Å²) in [4.78, 5) is 6.58. The number of ether oxygens (including phenoxy) is 2. The van der Waals surface area contributed by atoms with Gasteiger partial charge in [0.15, 0.2) is 5.96 Å². The summed E-state index contributed by atoms with van der Waals surface area (Å²) in [7, 11) is 0. The second-order valence-electron chi connectivity index (χ2n) is 8.19. The Morgan fingerprint density at radius 3 is 2.84 bits per heavy atom. The molecule has 2 heterocycles. The van der Waals surface area contributed by atoms with Gasteiger partial charge in [-0.1, -0.05) is 6.07 Å². The van der Waals surface area contributed by atoms with Gasteiger partial charge >= 0.3 is 0 Å². The van der Waals surface area contributed by atoms with E-state index in [1.807, 2.05) is 24.0 Å². The lowest BCUT2D eigenvalue weighted by Gasteiger charge is -2.31. The summed E-state index contributed by atoms with van der Waals surface area (Å²) < 4.78 is 25.9. The highest BCUT2D eigenvalue weighted by Gasteiger charge is 2.19. The zero-order valence-corrected chi connectivity index (χ0v) is 18.6. The average Bonchev–Trinajstić information content (AvgIpc) is 3.29. The number of anilines is 1. The van der Waals surface area contributed by atoms with Gasteiger partial charge in [-0.2, -0.15) is 0 Å². The van der Waals surface area contributed by atoms with Gasteiger partial charge in [0.2, 0.25) is 0 Å². The molecule has 0 aliphatic carbocycles. The summed E-state index contributed by atoms with van der Waals surface area (Å²) in [5, 5.41) is 16.2. The molecule has 8 heteroatoms. The Hall–Kier alpha value is -1.90. The lowest BCUT2D eigenvalue weighted by Crippen LogP contribution is -2.38. The fourth-order valence-corrected chi connectivity index (χ4v) is 3.90. The number of hydrogen-bond donors (Lipinski definition) is 3. The molecule has 0 saturated carbocycles. The van der Waals surface area contributed by atoms with Crippen molar-refractivity contribution in [3.05, 3.63) is 29.6 Å². The Bertz CT molecular complexity index is 689. The van der Waals surface area contributed by atoms with Crippen LogP contribution in [0.1, 0.15) is 44.6 Å². The van der Waals surface area contributed by atoms with Crippen LogP contribution in [0.3, 0.4) is 0 Å². The normalized spacial score (nSPS) is 20.3. The lowest BCUT2D eigenvalue weighted by molar-refractivity contribution is 0.0168. The molecule has 0 aromatic heterocycles. The first-order chi connectivity index (χ1) is 15.2. The van der Waals surface area contributed by atoms with Crippen LogP contribution in [0.4, 0.5) is 10.1 Å². The smallest absolute Gasteiger partial charge is 0.191 e. The molecule has 2 saturated heterocycles. The van der Waals surface area contributed by atoms with E-state index in [0.29, 0.717) is 51.4 Å². The van der Waals surface area contributed by atoms with Crippen LogP contribution in [-0.4, -0.2) is 69.3 Å². The molecule has 1 aromatic rings. The van der Waals surface area contributed by atoms with Crippen molar-refractivity contribution in [3.63, 3.8) is 0 Å². The molecule has 1 aromatic carbocycles. The van der Waals surface area contributed by atoms with Gasteiger partial charge in [-0.05, 0) is 56.7 Å². The van der Waals surface area contributed by atoms with Gasteiger partial charge in [0.25, 0.3) is 0 Å². The highest BCUT2D eigenvalue weighted by atomic mass is 19.1. The van der Waals surface area contributed by atoms with E-state index in [-0.39, 0.29) is 18.0 Å². The first kappa shape index (κ1) is 23.8. The highest BCUT2D eigenvalue weighted by molar-refractivity contribution is 5.79. The molecule has 2 aliphatic rings. The Kier molecular flexibility index (Phi) is 9.84. The summed E-state index contributed by atoms with van der Waals surface area (Å²) in [6.07, 6.45) is 4.47. The van der Waals surface area contributed by atoms with Crippen molar-refractivity contribution in [2.75, 3.05) is 50.9 Å². The quantitative estimate of drug-likeness (QED) is 0.297. The predicted octanol–water partition coefficient (Wildman–Crippen LogP) is 2.43. The SMILES string of the molecule is CCNC(=NCc1ccc(N2CCC(O)CC2)c(F)c1)NCCCOCC1CCCO1. The maximum Gasteiger partial charge on any atom is 0.191 e. The van der Waals surface area contributed by atoms with Gasteiger partial charge < -0.3 is 30.1 Å². The zero-order chi connectivity index (χ0) is 21.9. The number of aliphatic hydroxyl groups excluding tert-OH is 1. The van der Waals surface area contributed by atoms with Crippen molar-refractivity contribution in [2.45, 2.75) is 57.8 Å². The number of piperidine rings is 1. The standard InChI is InChI=1S/C23H37FN4O3/c1-2-25-23(26-10-4-13-30-17-20-5-3-14-31-20)27-16-18-6-7-22(21(24)15-18)28-11-8-19(29)9-12-28/h6-7,15,19-20,29H,2-5,8-14,16-17H2,1H3,(H2,25,26,27). The number of nitrogens with zero attached hydrogens (tertiary/aromatic N) is 2. The second kappa shape index (κ2) is 12.8. The van der Waals surface area contributed by atoms with Crippen LogP contribution in [0, 0.1) is 5.82 Å². The Labute approximate surface area is 185 Å². The number of rotatable bonds is 10. The summed E-state index contributed by atoms with van der Waals surface area (Å²) in [5.41, 5.74) is 1.43. The molecule has 0 amide bonds. The Morgan fingerprint density at radius 1 is 1.29 bits per heavy atom. The van der Waals surface area contributed by atoms with Crippen molar-refractivity contribution in [1.82, 2.24) is 10.6 Å². The number of halogens is 1. The molecule has 2 aliphatic heterocycles. The predicted molar refractivity (Wildman–Crippen MR) is 121 cm³/mol. The number of hydrogen-bond acceptors (Lipinski definition) is 5. The zero-order valence-electron chi connectivity index (χ0n) is 18.6. The van der Waals surface area contributed by atoms with Gasteiger partial charge in [0.1, 0.15) is 5.82 Å². The van der Waals surface area contributed by atoms with Gasteiger partial charge in [-0.25, -0.2) is 9.38 Å². The van der Waals surface area contributed by atoms with E-state index >= 15 is 0 Å². The Morgan fingerprint density at radius 2 is 2.13 bits per heavy atom. The van der Waals surface area contributed by atoms with Crippen LogP contribution in [0.15, 0.2) is 23.2 Å². The van der Waals surface area contributed by atoms with Gasteiger partial charge in [0, 0.05) is 39.4 Å². The lowest BCUT2D eigenvalue weighted by atomic mass is 10.1. The first-order valence-electron chi connectivity index (χ1n) is 11.6. The van der Waals surface area contributed by atoms with Crippen LogP contribution in [0.5, 0.6) is 0 Å². The third-order valence-electron chi connectivity index (χ3n) is 5.67. The van der Waals surface area contributed by atoms with Gasteiger partial charge in [-0.3, -0.25) is 0 Å². The van der Waals surface area contributed by atoms with Crippen LogP contribution in [0.25, 0.3) is 0 Å². The fraction of sp³-hybridized carbons (Fsp3) is 0.696. The van der Waals surface area contributed by atoms with Gasteiger partial charge in [0.05, 0.1) is 31.0 Å². The summed E-state index contributed by atoms with van der Waals surface area (Å²) in [6, 6.07) is 5.31. The van der Waals surface area contributed by atoms with Crippen LogP contribution in [0.2, 0.25) is 0 Å². The average molecular weight is 437 g/mol. The molecule has 174 valence electrons. The number of aliphatic imine (C=N–C) groups is 1. The van der Waals surface area contributed by atoms with E-state index in [1.165, 1.54) is 0 Å². The monoisotopic (exact) mass is 436 g/mol. The molecule has 0 bridgehead atoms. The van der Waals surface area contributed by atoms with Crippen molar-refractivity contribution >= 4 is 11.6 Å². The number of benzene rings is 1. The Balaban J connectivity index is 1.41. The summed E-state index contributed by atoms with van der Waals surface area (Å²) in [5.74, 6) is 0.488. The minimum atomic E-state index is -0.266. The van der Waals surface area contributed by atoms with E-state index in [4.69, 9.17) is 9.47 Å². The molecule has 0 radical (unpaired) electrons. The van der Waals surface area contributed by atoms with E-state index in [9.17, 15) is 9.50 Å². The topological polar surface area (TPSA) is 78.4 Å². The molecule has 1 unspecified atom stereocenters. The van der Waals surface area contributed by atoms with Crippen LogP contribution >= 0.6 is 0 Å². The molecule has 1 atom stereocenters. The van der Waals surface area contributed by atoms with Crippen molar-refractivity contribution in [1.29, 1.82) is 0 Å². The molecule has 2 fully saturated rings. The number of aliphatic hydroxyl groups is 1. The highest BCUT2D eigenvalue weighted by Crippen LogP contribution is 2.24. The molecular weight excluding hydrogens is 399 g/mol. The first-order valence-corrected chi connectivity index (χ1v) is 11.6. The van der Waals surface area contributed by atoms with Crippen molar-refractivity contribution in [2.24, 2.45) is 4.99 Å². The fourth-order valence-electron chi connectivity index (χ4n) is 3.90. The molecule has 3 N–H and O–H groups in total. The van der Waals surface area contributed by atoms with E-state index in [2.05, 4.69) is 15.6 Å². The minimum Gasteiger partial charge on any atom is -0.393 e. The number of guanidine groups is 1. The van der Waals surface area contributed by atoms with Crippen molar-refractivity contribution in [3.8, 4) is 0 Å². The van der Waals surface area contributed by atoms with Crippen molar-refractivity contribution < 1.29 is 19.0 Å². The van der Waals surface area contributed by atoms with E-state index in [1.54, 1.807) is 6.07 Å². The van der Waals surface area contributed by atoms with E-state index in [0.717, 1.165) is 50.5 Å². The molecule has 3 rings (SSSR count). The summed E-state index contributed by atoms with van der Waals surface area (Å²) in [6.45, 7) is 7.52. The second-order valence-corrected chi connectivity index (χ2v) is 8.19. The van der Waals surface area contributed by atoms with Crippen LogP contribution < -0.4 is 15.5 Å². The largest absolute Gasteiger partial charge is 0.393 e. The number of nitrogens with one attached hydrogen (secondary N) is 2. The molecule has 7 nitrogen and oxygen atoms in total.